The van der Waals surface area contributed by atoms with Crippen LogP contribution in [0.3, 0.4) is 0 Å². The van der Waals surface area contributed by atoms with Gasteiger partial charge in [-0.1, -0.05) is 12.1 Å². The third kappa shape index (κ3) is 3.26. The SMILES string of the molecule is CS(=O)(=O)N1CCCN(c2ccccc2[N+](=O)[O-])CC1. The van der Waals surface area contributed by atoms with Crippen LogP contribution < -0.4 is 4.90 Å². The second-order valence-corrected chi connectivity index (χ2v) is 6.73. The number of anilines is 1. The van der Waals surface area contributed by atoms with Crippen LogP contribution in [0.1, 0.15) is 6.42 Å². The number of rotatable bonds is 3. The highest BCUT2D eigenvalue weighted by molar-refractivity contribution is 7.88. The summed E-state index contributed by atoms with van der Waals surface area (Å²) in [5, 5.41) is 11.0. The van der Waals surface area contributed by atoms with Crippen molar-refractivity contribution in [3.63, 3.8) is 0 Å². The lowest BCUT2D eigenvalue weighted by Gasteiger charge is -2.22. The van der Waals surface area contributed by atoms with Crippen LogP contribution in [-0.2, 0) is 10.0 Å². The molecule has 0 atom stereocenters. The number of sulfonamides is 1. The highest BCUT2D eigenvalue weighted by Crippen LogP contribution is 2.28. The summed E-state index contributed by atoms with van der Waals surface area (Å²) in [6.07, 6.45) is 1.84. The maximum Gasteiger partial charge on any atom is 0.292 e. The summed E-state index contributed by atoms with van der Waals surface area (Å²) >= 11 is 0. The number of benzene rings is 1. The van der Waals surface area contributed by atoms with Gasteiger partial charge >= 0.3 is 0 Å². The van der Waals surface area contributed by atoms with E-state index in [1.807, 2.05) is 4.90 Å². The molecule has 0 amide bonds. The van der Waals surface area contributed by atoms with Gasteiger partial charge in [-0.3, -0.25) is 10.1 Å². The number of hydrogen-bond donors (Lipinski definition) is 0. The predicted octanol–water partition coefficient (Wildman–Crippen LogP) is 1.07. The monoisotopic (exact) mass is 299 g/mol. The number of nitro groups is 1. The number of nitrogens with zero attached hydrogens (tertiary/aromatic N) is 3. The van der Waals surface area contributed by atoms with Crippen molar-refractivity contribution < 1.29 is 13.3 Å². The molecule has 1 heterocycles. The molecule has 0 saturated carbocycles. The molecule has 0 spiro atoms. The summed E-state index contributed by atoms with van der Waals surface area (Å²) in [4.78, 5) is 12.5. The summed E-state index contributed by atoms with van der Waals surface area (Å²) in [6, 6.07) is 6.55. The zero-order chi connectivity index (χ0) is 14.8. The van der Waals surface area contributed by atoms with E-state index in [1.54, 1.807) is 18.2 Å². The van der Waals surface area contributed by atoms with E-state index in [0.717, 1.165) is 0 Å². The molecular formula is C12H17N3O4S. The van der Waals surface area contributed by atoms with Crippen LogP contribution in [0.4, 0.5) is 11.4 Å². The fourth-order valence-corrected chi connectivity index (χ4v) is 3.23. The molecule has 7 nitrogen and oxygen atoms in total. The van der Waals surface area contributed by atoms with E-state index >= 15 is 0 Å². The van der Waals surface area contributed by atoms with Crippen molar-refractivity contribution >= 4 is 21.4 Å². The van der Waals surface area contributed by atoms with Gasteiger partial charge in [0.2, 0.25) is 10.0 Å². The van der Waals surface area contributed by atoms with E-state index in [2.05, 4.69) is 0 Å². The Kier molecular flexibility index (Phi) is 4.24. The summed E-state index contributed by atoms with van der Waals surface area (Å²) < 4.78 is 24.5. The van der Waals surface area contributed by atoms with Crippen LogP contribution in [0.2, 0.25) is 0 Å². The van der Waals surface area contributed by atoms with E-state index in [0.29, 0.717) is 38.3 Å². The van der Waals surface area contributed by atoms with E-state index in [1.165, 1.54) is 16.6 Å². The predicted molar refractivity (Wildman–Crippen MR) is 76.3 cm³/mol. The van der Waals surface area contributed by atoms with E-state index in [-0.39, 0.29) is 5.69 Å². The number of para-hydroxylation sites is 2. The number of hydrogen-bond acceptors (Lipinski definition) is 5. The molecule has 110 valence electrons. The minimum atomic E-state index is -3.21. The van der Waals surface area contributed by atoms with Gasteiger partial charge in [0, 0.05) is 32.2 Å². The van der Waals surface area contributed by atoms with Crippen LogP contribution in [0.15, 0.2) is 24.3 Å². The molecule has 0 radical (unpaired) electrons. The molecule has 1 saturated heterocycles. The molecule has 1 aliphatic heterocycles. The van der Waals surface area contributed by atoms with Crippen molar-refractivity contribution in [2.24, 2.45) is 0 Å². The maximum atomic E-state index is 11.6. The third-order valence-electron chi connectivity index (χ3n) is 3.34. The Morgan fingerprint density at radius 3 is 2.50 bits per heavy atom. The normalized spacial score (nSPS) is 17.8. The molecule has 1 aliphatic rings. The van der Waals surface area contributed by atoms with Gasteiger partial charge in [0.15, 0.2) is 0 Å². The standard InChI is InChI=1S/C12H17N3O4S/c1-20(18,19)14-8-4-7-13(9-10-14)11-5-2-3-6-12(11)15(16)17/h2-3,5-6H,4,7-10H2,1H3. The third-order valence-corrected chi connectivity index (χ3v) is 4.65. The molecule has 20 heavy (non-hydrogen) atoms. The van der Waals surface area contributed by atoms with Gasteiger partial charge in [0.05, 0.1) is 11.2 Å². The molecule has 0 aliphatic carbocycles. The minimum Gasteiger partial charge on any atom is -0.365 e. The zero-order valence-electron chi connectivity index (χ0n) is 11.2. The lowest BCUT2D eigenvalue weighted by atomic mass is 10.2. The molecule has 1 aromatic rings. The Morgan fingerprint density at radius 1 is 1.15 bits per heavy atom. The Bertz CT molecular complexity index is 602. The average Bonchev–Trinajstić information content (AvgIpc) is 2.63. The molecule has 0 aromatic heterocycles. The molecule has 0 unspecified atom stereocenters. The Morgan fingerprint density at radius 2 is 1.85 bits per heavy atom. The van der Waals surface area contributed by atoms with Crippen LogP contribution in [0, 0.1) is 10.1 Å². The summed E-state index contributed by atoms with van der Waals surface area (Å²) in [5.41, 5.74) is 0.605. The topological polar surface area (TPSA) is 83.8 Å². The second-order valence-electron chi connectivity index (χ2n) is 4.75. The van der Waals surface area contributed by atoms with Crippen LogP contribution in [0.5, 0.6) is 0 Å². The molecule has 0 N–H and O–H groups in total. The molecule has 8 heteroatoms. The van der Waals surface area contributed by atoms with Gasteiger partial charge in [-0.2, -0.15) is 0 Å². The van der Waals surface area contributed by atoms with E-state index in [9.17, 15) is 18.5 Å². The fraction of sp³-hybridized carbons (Fsp3) is 0.500. The van der Waals surface area contributed by atoms with Crippen molar-refractivity contribution in [1.82, 2.24) is 4.31 Å². The van der Waals surface area contributed by atoms with Crippen LogP contribution in [0.25, 0.3) is 0 Å². The average molecular weight is 299 g/mol. The summed E-state index contributed by atoms with van der Waals surface area (Å²) in [5.74, 6) is 0. The van der Waals surface area contributed by atoms with Crippen molar-refractivity contribution in [1.29, 1.82) is 0 Å². The van der Waals surface area contributed by atoms with E-state index < -0.39 is 14.9 Å². The summed E-state index contributed by atoms with van der Waals surface area (Å²) in [7, 11) is -3.21. The first-order valence-electron chi connectivity index (χ1n) is 6.33. The minimum absolute atomic E-state index is 0.0558. The Labute approximate surface area is 118 Å². The second kappa shape index (κ2) is 5.76. The molecule has 2 rings (SSSR count). The first-order valence-corrected chi connectivity index (χ1v) is 8.18. The summed E-state index contributed by atoms with van der Waals surface area (Å²) in [6.45, 7) is 1.87. The van der Waals surface area contributed by atoms with Crippen molar-refractivity contribution in [2.45, 2.75) is 6.42 Å². The highest BCUT2D eigenvalue weighted by Gasteiger charge is 2.24. The van der Waals surface area contributed by atoms with Gasteiger partial charge in [-0.05, 0) is 12.5 Å². The van der Waals surface area contributed by atoms with Crippen molar-refractivity contribution in [3.05, 3.63) is 34.4 Å². The van der Waals surface area contributed by atoms with Gasteiger partial charge in [0.25, 0.3) is 5.69 Å². The zero-order valence-corrected chi connectivity index (χ0v) is 12.0. The van der Waals surface area contributed by atoms with Crippen molar-refractivity contribution in [2.75, 3.05) is 37.3 Å². The number of nitro benzene ring substituents is 1. The molecule has 1 aromatic carbocycles. The Hall–Kier alpha value is -1.67. The lowest BCUT2D eigenvalue weighted by Crippen LogP contribution is -2.34. The van der Waals surface area contributed by atoms with Gasteiger partial charge in [0.1, 0.15) is 5.69 Å². The van der Waals surface area contributed by atoms with E-state index in [4.69, 9.17) is 0 Å². The van der Waals surface area contributed by atoms with Crippen molar-refractivity contribution in [3.8, 4) is 0 Å². The largest absolute Gasteiger partial charge is 0.365 e. The smallest absolute Gasteiger partial charge is 0.292 e. The van der Waals surface area contributed by atoms with Crippen LogP contribution >= 0.6 is 0 Å². The molecular weight excluding hydrogens is 282 g/mol. The first kappa shape index (κ1) is 14.7. The molecule has 0 bridgehead atoms. The Balaban J connectivity index is 2.21. The fourth-order valence-electron chi connectivity index (χ4n) is 2.35. The van der Waals surface area contributed by atoms with Crippen LogP contribution in [-0.4, -0.2) is 50.1 Å². The lowest BCUT2D eigenvalue weighted by molar-refractivity contribution is -0.384. The van der Waals surface area contributed by atoms with Gasteiger partial charge in [-0.25, -0.2) is 12.7 Å². The quantitative estimate of drug-likeness (QED) is 0.615. The molecule has 1 fully saturated rings. The van der Waals surface area contributed by atoms with Gasteiger partial charge < -0.3 is 4.90 Å². The van der Waals surface area contributed by atoms with Gasteiger partial charge in [-0.15, -0.1) is 0 Å². The first-order chi connectivity index (χ1) is 9.39. The highest BCUT2D eigenvalue weighted by atomic mass is 32.2. The maximum absolute atomic E-state index is 11.6.